The Morgan fingerprint density at radius 3 is 2.62 bits per heavy atom. The van der Waals surface area contributed by atoms with Crippen LogP contribution in [0.1, 0.15) is 0 Å². The van der Waals surface area contributed by atoms with Crippen molar-refractivity contribution in [3.05, 3.63) is 41.3 Å². The highest BCUT2D eigenvalue weighted by molar-refractivity contribution is 9.10. The van der Waals surface area contributed by atoms with Gasteiger partial charge in [-0.3, -0.25) is 0 Å². The summed E-state index contributed by atoms with van der Waals surface area (Å²) in [5, 5.41) is 0. The van der Waals surface area contributed by atoms with E-state index in [2.05, 4.69) is 20.9 Å². The summed E-state index contributed by atoms with van der Waals surface area (Å²) in [7, 11) is 0. The predicted octanol–water partition coefficient (Wildman–Crippen LogP) is 2.22. The van der Waals surface area contributed by atoms with Gasteiger partial charge in [0.25, 0.3) is 0 Å². The van der Waals surface area contributed by atoms with Gasteiger partial charge in [-0.2, -0.15) is 0 Å². The van der Waals surface area contributed by atoms with Crippen LogP contribution in [-0.4, -0.2) is 9.55 Å². The molecule has 4 heteroatoms. The van der Waals surface area contributed by atoms with E-state index < -0.39 is 0 Å². The molecular formula is C9H8BrN3. The molecule has 0 unspecified atom stereocenters. The fraction of sp³-hybridized carbons (Fsp3) is 0. The predicted molar refractivity (Wildman–Crippen MR) is 55.7 cm³/mol. The Bertz CT molecular complexity index is 409. The molecule has 0 bridgehead atoms. The van der Waals surface area contributed by atoms with Crippen LogP contribution in [-0.2, 0) is 0 Å². The van der Waals surface area contributed by atoms with Crippen LogP contribution < -0.4 is 5.73 Å². The van der Waals surface area contributed by atoms with Gasteiger partial charge in [0.05, 0.1) is 10.2 Å². The van der Waals surface area contributed by atoms with Crippen LogP contribution >= 0.6 is 15.9 Å². The third-order valence-corrected chi connectivity index (χ3v) is 2.40. The molecule has 0 spiro atoms. The first kappa shape index (κ1) is 8.31. The average Bonchev–Trinajstić information content (AvgIpc) is 2.62. The summed E-state index contributed by atoms with van der Waals surface area (Å²) in [5.74, 6) is 0.825. The summed E-state index contributed by atoms with van der Waals surface area (Å²) in [6.45, 7) is 0. The Morgan fingerprint density at radius 1 is 1.31 bits per heavy atom. The van der Waals surface area contributed by atoms with Gasteiger partial charge in [-0.25, -0.2) is 4.98 Å². The molecular weight excluding hydrogens is 230 g/mol. The lowest BCUT2D eigenvalue weighted by Gasteiger charge is -2.03. The lowest BCUT2D eigenvalue weighted by atomic mass is 10.4. The van der Waals surface area contributed by atoms with Gasteiger partial charge >= 0.3 is 0 Å². The Hall–Kier alpha value is -1.29. The monoisotopic (exact) mass is 237 g/mol. The summed E-state index contributed by atoms with van der Waals surface area (Å²) < 4.78 is 2.73. The van der Waals surface area contributed by atoms with E-state index in [9.17, 15) is 0 Å². The van der Waals surface area contributed by atoms with E-state index in [4.69, 9.17) is 5.73 Å². The second-order valence-electron chi connectivity index (χ2n) is 2.65. The number of hydrogen-bond donors (Lipinski definition) is 1. The molecule has 66 valence electrons. The quantitative estimate of drug-likeness (QED) is 0.827. The Balaban J connectivity index is 2.49. The molecule has 0 saturated carbocycles. The van der Waals surface area contributed by atoms with E-state index in [1.165, 1.54) is 0 Å². The number of hydrogen-bond acceptors (Lipinski definition) is 2. The second kappa shape index (κ2) is 3.22. The van der Waals surface area contributed by atoms with Crippen LogP contribution in [0, 0.1) is 0 Å². The highest BCUT2D eigenvalue weighted by Crippen LogP contribution is 2.19. The molecule has 2 aromatic rings. The van der Waals surface area contributed by atoms with E-state index in [1.807, 2.05) is 35.2 Å². The minimum Gasteiger partial charge on any atom is -0.398 e. The van der Waals surface area contributed by atoms with E-state index in [0.29, 0.717) is 5.69 Å². The number of anilines is 1. The normalized spacial score (nSPS) is 10.2. The molecule has 2 aromatic heterocycles. The standard InChI is InChI=1S/C9H8BrN3/c10-7-6-12-9(5-8(7)11)13-3-1-2-4-13/h1-6H,(H2,11,12). The number of nitrogen functional groups attached to an aromatic ring is 1. The molecule has 2 N–H and O–H groups in total. The molecule has 0 radical (unpaired) electrons. The number of rotatable bonds is 1. The SMILES string of the molecule is Nc1cc(-n2cccc2)ncc1Br. The van der Waals surface area contributed by atoms with Crippen molar-refractivity contribution in [2.45, 2.75) is 0 Å². The maximum Gasteiger partial charge on any atom is 0.138 e. The van der Waals surface area contributed by atoms with Gasteiger partial charge in [0.15, 0.2) is 0 Å². The van der Waals surface area contributed by atoms with Gasteiger partial charge in [-0.15, -0.1) is 0 Å². The lowest BCUT2D eigenvalue weighted by Crippen LogP contribution is -1.96. The fourth-order valence-corrected chi connectivity index (χ4v) is 1.29. The van der Waals surface area contributed by atoms with E-state index in [1.54, 1.807) is 6.20 Å². The highest BCUT2D eigenvalue weighted by Gasteiger charge is 1.99. The van der Waals surface area contributed by atoms with Gasteiger partial charge in [-0.05, 0) is 28.1 Å². The summed E-state index contributed by atoms with van der Waals surface area (Å²) in [6.07, 6.45) is 5.55. The van der Waals surface area contributed by atoms with Crippen LogP contribution in [0.15, 0.2) is 41.3 Å². The largest absolute Gasteiger partial charge is 0.398 e. The van der Waals surface area contributed by atoms with Crippen molar-refractivity contribution >= 4 is 21.6 Å². The number of halogens is 1. The van der Waals surface area contributed by atoms with Crippen LogP contribution in [0.4, 0.5) is 5.69 Å². The first-order valence-electron chi connectivity index (χ1n) is 3.82. The second-order valence-corrected chi connectivity index (χ2v) is 3.51. The zero-order chi connectivity index (χ0) is 9.26. The minimum atomic E-state index is 0.693. The molecule has 0 saturated heterocycles. The highest BCUT2D eigenvalue weighted by atomic mass is 79.9. The van der Waals surface area contributed by atoms with Crippen molar-refractivity contribution in [1.82, 2.24) is 9.55 Å². The topological polar surface area (TPSA) is 43.8 Å². The van der Waals surface area contributed by atoms with E-state index in [0.717, 1.165) is 10.3 Å². The Kier molecular flexibility index (Phi) is 2.06. The molecule has 0 aliphatic rings. The molecule has 0 atom stereocenters. The van der Waals surface area contributed by atoms with Crippen LogP contribution in [0.2, 0.25) is 0 Å². The van der Waals surface area contributed by atoms with Crippen molar-refractivity contribution < 1.29 is 0 Å². The molecule has 0 aliphatic carbocycles. The van der Waals surface area contributed by atoms with Crippen molar-refractivity contribution in [3.63, 3.8) is 0 Å². The minimum absolute atomic E-state index is 0.693. The van der Waals surface area contributed by atoms with Crippen molar-refractivity contribution in [2.24, 2.45) is 0 Å². The Labute approximate surface area is 84.3 Å². The van der Waals surface area contributed by atoms with Gasteiger partial charge in [0.1, 0.15) is 5.82 Å². The first-order chi connectivity index (χ1) is 6.27. The zero-order valence-corrected chi connectivity index (χ0v) is 8.40. The third kappa shape index (κ3) is 1.58. The Morgan fingerprint density at radius 2 is 2.00 bits per heavy atom. The van der Waals surface area contributed by atoms with Crippen LogP contribution in [0.3, 0.4) is 0 Å². The van der Waals surface area contributed by atoms with Crippen molar-refractivity contribution in [3.8, 4) is 5.82 Å². The molecule has 2 heterocycles. The molecule has 2 rings (SSSR count). The van der Waals surface area contributed by atoms with Crippen LogP contribution in [0.25, 0.3) is 5.82 Å². The molecule has 0 amide bonds. The smallest absolute Gasteiger partial charge is 0.138 e. The zero-order valence-electron chi connectivity index (χ0n) is 6.81. The van der Waals surface area contributed by atoms with Crippen LogP contribution in [0.5, 0.6) is 0 Å². The number of nitrogens with zero attached hydrogens (tertiary/aromatic N) is 2. The summed E-state index contributed by atoms with van der Waals surface area (Å²) in [6, 6.07) is 5.71. The molecule has 13 heavy (non-hydrogen) atoms. The summed E-state index contributed by atoms with van der Waals surface area (Å²) in [4.78, 5) is 4.22. The molecule has 3 nitrogen and oxygen atoms in total. The van der Waals surface area contributed by atoms with Gasteiger partial charge in [0.2, 0.25) is 0 Å². The van der Waals surface area contributed by atoms with E-state index in [-0.39, 0.29) is 0 Å². The lowest BCUT2D eigenvalue weighted by molar-refractivity contribution is 1.01. The first-order valence-corrected chi connectivity index (χ1v) is 4.61. The van der Waals surface area contributed by atoms with Crippen molar-refractivity contribution in [1.29, 1.82) is 0 Å². The molecule has 0 aliphatic heterocycles. The van der Waals surface area contributed by atoms with Gasteiger partial charge in [0, 0.05) is 24.7 Å². The fourth-order valence-electron chi connectivity index (χ4n) is 1.07. The van der Waals surface area contributed by atoms with Gasteiger partial charge in [-0.1, -0.05) is 0 Å². The maximum absolute atomic E-state index is 5.73. The number of aromatic nitrogens is 2. The molecule has 0 aromatic carbocycles. The van der Waals surface area contributed by atoms with Crippen molar-refractivity contribution in [2.75, 3.05) is 5.73 Å². The third-order valence-electron chi connectivity index (χ3n) is 1.74. The number of pyridine rings is 1. The summed E-state index contributed by atoms with van der Waals surface area (Å²) in [5.41, 5.74) is 6.42. The molecule has 0 fully saturated rings. The van der Waals surface area contributed by atoms with E-state index >= 15 is 0 Å². The maximum atomic E-state index is 5.73. The van der Waals surface area contributed by atoms with Gasteiger partial charge < -0.3 is 10.3 Å². The number of nitrogens with two attached hydrogens (primary N) is 1. The summed E-state index contributed by atoms with van der Waals surface area (Å²) >= 11 is 3.30. The average molecular weight is 238 g/mol.